The minimum atomic E-state index is -0.236. The van der Waals surface area contributed by atoms with Crippen LogP contribution in [0.3, 0.4) is 0 Å². The molecule has 1 aliphatic heterocycles. The summed E-state index contributed by atoms with van der Waals surface area (Å²) in [7, 11) is 0. The second-order valence-electron chi connectivity index (χ2n) is 5.58. The smallest absolute Gasteiger partial charge is 0.0723 e. The molecule has 1 aliphatic rings. The number of aliphatic hydroxyl groups is 1. The van der Waals surface area contributed by atoms with Gasteiger partial charge in [0.1, 0.15) is 0 Å². The monoisotopic (exact) mass is 243 g/mol. The summed E-state index contributed by atoms with van der Waals surface area (Å²) in [6.45, 7) is 12.3. The highest BCUT2D eigenvalue weighted by Crippen LogP contribution is 2.29. The van der Waals surface area contributed by atoms with Gasteiger partial charge in [0.15, 0.2) is 0 Å². The minimum absolute atomic E-state index is 0.0901. The molecule has 3 unspecified atom stereocenters. The maximum Gasteiger partial charge on any atom is 0.0723 e. The van der Waals surface area contributed by atoms with Crippen LogP contribution in [-0.2, 0) is 4.74 Å². The third-order valence-electron chi connectivity index (χ3n) is 4.49. The van der Waals surface area contributed by atoms with Gasteiger partial charge in [-0.15, -0.1) is 0 Å². The number of hydrogen-bond acceptors (Lipinski definition) is 3. The van der Waals surface area contributed by atoms with E-state index in [1.165, 1.54) is 0 Å². The SMILES string of the molecule is CCC(C)CC(O)C(C)(CC)N1CCOCC1. The van der Waals surface area contributed by atoms with Crippen molar-refractivity contribution in [3.8, 4) is 0 Å². The van der Waals surface area contributed by atoms with Crippen LogP contribution in [0.2, 0.25) is 0 Å². The standard InChI is InChI=1S/C14H29NO2/c1-5-12(3)11-13(16)14(4,6-2)15-7-9-17-10-8-15/h12-13,16H,5-11H2,1-4H3. The lowest BCUT2D eigenvalue weighted by Gasteiger charge is -2.46. The molecule has 3 nitrogen and oxygen atoms in total. The van der Waals surface area contributed by atoms with Crippen LogP contribution in [0.25, 0.3) is 0 Å². The Morgan fingerprint density at radius 3 is 2.35 bits per heavy atom. The van der Waals surface area contributed by atoms with Gasteiger partial charge in [-0.25, -0.2) is 0 Å². The second-order valence-corrected chi connectivity index (χ2v) is 5.58. The van der Waals surface area contributed by atoms with E-state index in [4.69, 9.17) is 4.74 Å². The van der Waals surface area contributed by atoms with Crippen molar-refractivity contribution in [3.05, 3.63) is 0 Å². The van der Waals surface area contributed by atoms with Gasteiger partial charge in [-0.1, -0.05) is 27.2 Å². The molecule has 0 spiro atoms. The molecule has 0 amide bonds. The normalized spacial score (nSPS) is 25.2. The van der Waals surface area contributed by atoms with Gasteiger partial charge < -0.3 is 9.84 Å². The Hall–Kier alpha value is -0.120. The zero-order chi connectivity index (χ0) is 12.9. The lowest BCUT2D eigenvalue weighted by atomic mass is 9.83. The van der Waals surface area contributed by atoms with Crippen molar-refractivity contribution in [2.75, 3.05) is 26.3 Å². The Kier molecular flexibility index (Phi) is 5.90. The molecule has 0 aromatic heterocycles. The molecular weight excluding hydrogens is 214 g/mol. The van der Waals surface area contributed by atoms with Crippen molar-refractivity contribution in [1.82, 2.24) is 4.90 Å². The average molecular weight is 243 g/mol. The maximum atomic E-state index is 10.5. The van der Waals surface area contributed by atoms with E-state index in [1.807, 2.05) is 0 Å². The predicted octanol–water partition coefficient (Wildman–Crippen LogP) is 2.28. The highest BCUT2D eigenvalue weighted by Gasteiger charge is 2.38. The van der Waals surface area contributed by atoms with Crippen LogP contribution in [0, 0.1) is 5.92 Å². The zero-order valence-electron chi connectivity index (χ0n) is 11.9. The van der Waals surface area contributed by atoms with Gasteiger partial charge >= 0.3 is 0 Å². The molecule has 102 valence electrons. The van der Waals surface area contributed by atoms with Gasteiger partial charge in [0.25, 0.3) is 0 Å². The van der Waals surface area contributed by atoms with E-state index in [9.17, 15) is 5.11 Å². The van der Waals surface area contributed by atoms with Crippen molar-refractivity contribution < 1.29 is 9.84 Å². The van der Waals surface area contributed by atoms with E-state index in [2.05, 4.69) is 32.6 Å². The quantitative estimate of drug-likeness (QED) is 0.777. The summed E-state index contributed by atoms with van der Waals surface area (Å²) < 4.78 is 5.40. The van der Waals surface area contributed by atoms with Crippen molar-refractivity contribution in [3.63, 3.8) is 0 Å². The third kappa shape index (κ3) is 3.67. The van der Waals surface area contributed by atoms with Crippen LogP contribution in [0.15, 0.2) is 0 Å². The molecule has 3 atom stereocenters. The van der Waals surface area contributed by atoms with Gasteiger partial charge in [0, 0.05) is 18.6 Å². The zero-order valence-corrected chi connectivity index (χ0v) is 11.9. The van der Waals surface area contributed by atoms with Crippen LogP contribution in [-0.4, -0.2) is 48.0 Å². The average Bonchev–Trinajstić information content (AvgIpc) is 2.38. The van der Waals surface area contributed by atoms with Crippen molar-refractivity contribution in [2.45, 2.75) is 58.6 Å². The number of aliphatic hydroxyl groups excluding tert-OH is 1. The number of ether oxygens (including phenoxy) is 1. The van der Waals surface area contributed by atoms with E-state index >= 15 is 0 Å². The lowest BCUT2D eigenvalue weighted by Crippen LogP contribution is -2.58. The summed E-state index contributed by atoms with van der Waals surface area (Å²) in [5.41, 5.74) is -0.0901. The van der Waals surface area contributed by atoms with E-state index in [0.717, 1.165) is 45.6 Å². The van der Waals surface area contributed by atoms with E-state index in [0.29, 0.717) is 5.92 Å². The second kappa shape index (κ2) is 6.72. The predicted molar refractivity (Wildman–Crippen MR) is 71.2 cm³/mol. The fourth-order valence-electron chi connectivity index (χ4n) is 2.55. The molecule has 3 heteroatoms. The Labute approximate surface area is 106 Å². The summed E-state index contributed by atoms with van der Waals surface area (Å²) in [5, 5.41) is 10.5. The van der Waals surface area contributed by atoms with Crippen LogP contribution >= 0.6 is 0 Å². The van der Waals surface area contributed by atoms with Gasteiger partial charge in [0.2, 0.25) is 0 Å². The molecule has 0 aromatic rings. The third-order valence-corrected chi connectivity index (χ3v) is 4.49. The first-order valence-corrected chi connectivity index (χ1v) is 7.05. The molecule has 1 fully saturated rings. The van der Waals surface area contributed by atoms with Gasteiger partial charge in [-0.3, -0.25) is 4.90 Å². The summed E-state index contributed by atoms with van der Waals surface area (Å²) >= 11 is 0. The van der Waals surface area contributed by atoms with E-state index < -0.39 is 0 Å². The molecule has 1 rings (SSSR count). The molecule has 17 heavy (non-hydrogen) atoms. The highest BCUT2D eigenvalue weighted by molar-refractivity contribution is 4.93. The summed E-state index contributed by atoms with van der Waals surface area (Å²) in [6.07, 6.45) is 2.79. The maximum absolute atomic E-state index is 10.5. The largest absolute Gasteiger partial charge is 0.391 e. The Morgan fingerprint density at radius 1 is 1.29 bits per heavy atom. The molecular formula is C14H29NO2. The van der Waals surface area contributed by atoms with Crippen LogP contribution in [0.5, 0.6) is 0 Å². The number of morpholine rings is 1. The van der Waals surface area contributed by atoms with Crippen LogP contribution in [0.4, 0.5) is 0 Å². The molecule has 1 saturated heterocycles. The first kappa shape index (κ1) is 14.9. The Bertz CT molecular complexity index is 216. The summed E-state index contributed by atoms with van der Waals surface area (Å²) in [5.74, 6) is 0.594. The van der Waals surface area contributed by atoms with E-state index in [1.54, 1.807) is 0 Å². The summed E-state index contributed by atoms with van der Waals surface area (Å²) in [6, 6.07) is 0. The van der Waals surface area contributed by atoms with Crippen molar-refractivity contribution >= 4 is 0 Å². The van der Waals surface area contributed by atoms with Gasteiger partial charge in [-0.2, -0.15) is 0 Å². The fourth-order valence-corrected chi connectivity index (χ4v) is 2.55. The topological polar surface area (TPSA) is 32.7 Å². The first-order chi connectivity index (χ1) is 8.04. The molecule has 0 aliphatic carbocycles. The molecule has 0 aromatic carbocycles. The molecule has 1 heterocycles. The van der Waals surface area contributed by atoms with Crippen LogP contribution in [0.1, 0.15) is 47.0 Å². The van der Waals surface area contributed by atoms with Gasteiger partial charge in [-0.05, 0) is 25.7 Å². The molecule has 0 saturated carbocycles. The minimum Gasteiger partial charge on any atom is -0.391 e. The summed E-state index contributed by atoms with van der Waals surface area (Å²) in [4.78, 5) is 2.41. The molecule has 0 radical (unpaired) electrons. The molecule has 0 bridgehead atoms. The fraction of sp³-hybridized carbons (Fsp3) is 1.00. The van der Waals surface area contributed by atoms with Crippen molar-refractivity contribution in [2.24, 2.45) is 5.92 Å². The van der Waals surface area contributed by atoms with Crippen LogP contribution < -0.4 is 0 Å². The highest BCUT2D eigenvalue weighted by atomic mass is 16.5. The Balaban J connectivity index is 2.64. The van der Waals surface area contributed by atoms with Crippen molar-refractivity contribution in [1.29, 1.82) is 0 Å². The van der Waals surface area contributed by atoms with Gasteiger partial charge in [0.05, 0.1) is 19.3 Å². The number of rotatable bonds is 6. The lowest BCUT2D eigenvalue weighted by molar-refractivity contribution is -0.0776. The number of nitrogens with zero attached hydrogens (tertiary/aromatic N) is 1. The Morgan fingerprint density at radius 2 is 1.88 bits per heavy atom. The number of hydrogen-bond donors (Lipinski definition) is 1. The van der Waals surface area contributed by atoms with E-state index in [-0.39, 0.29) is 11.6 Å². The first-order valence-electron chi connectivity index (χ1n) is 7.05. The molecule has 1 N–H and O–H groups in total.